The summed E-state index contributed by atoms with van der Waals surface area (Å²) in [4.78, 5) is 62.9. The highest BCUT2D eigenvalue weighted by Crippen LogP contribution is 2.15. The van der Waals surface area contributed by atoms with Crippen LogP contribution in [0.25, 0.3) is 0 Å². The quantitative estimate of drug-likeness (QED) is 0.246. The molecular weight excluding hydrogens is 494 g/mol. The number of carbonyl (C=O) groups excluding carboxylic acids is 5. The summed E-state index contributed by atoms with van der Waals surface area (Å²) >= 11 is 0. The Balaban J connectivity index is 2.23. The average molecular weight is 528 g/mol. The SMILES string of the molecule is CCOC(=O)C[C@@H](C(=O)OCC)[C@H](NC(=O)[C@@H](Cc1ccccc1)NC(=O)OCc1ccccc1)C(N)=O. The molecule has 3 amide bonds. The van der Waals surface area contributed by atoms with Crippen LogP contribution in [0.1, 0.15) is 31.4 Å². The molecule has 0 saturated heterocycles. The minimum absolute atomic E-state index is 0.0248. The van der Waals surface area contributed by atoms with Crippen LogP contribution in [0.3, 0.4) is 0 Å². The molecule has 204 valence electrons. The van der Waals surface area contributed by atoms with Crippen LogP contribution < -0.4 is 16.4 Å². The summed E-state index contributed by atoms with van der Waals surface area (Å²) in [6.45, 7) is 3.14. The average Bonchev–Trinajstić information content (AvgIpc) is 2.90. The Morgan fingerprint density at radius 3 is 1.92 bits per heavy atom. The van der Waals surface area contributed by atoms with E-state index in [0.29, 0.717) is 5.56 Å². The molecule has 0 aliphatic rings. The smallest absolute Gasteiger partial charge is 0.408 e. The lowest BCUT2D eigenvalue weighted by atomic mass is 9.94. The van der Waals surface area contributed by atoms with Crippen LogP contribution in [-0.4, -0.2) is 55.1 Å². The molecule has 11 nitrogen and oxygen atoms in total. The van der Waals surface area contributed by atoms with Crippen molar-refractivity contribution in [2.45, 2.75) is 45.4 Å². The molecule has 0 heterocycles. The second kappa shape index (κ2) is 15.6. The van der Waals surface area contributed by atoms with Gasteiger partial charge in [0, 0.05) is 6.42 Å². The van der Waals surface area contributed by atoms with Gasteiger partial charge in [-0.1, -0.05) is 60.7 Å². The Morgan fingerprint density at radius 2 is 1.37 bits per heavy atom. The number of nitrogens with one attached hydrogen (secondary N) is 2. The minimum Gasteiger partial charge on any atom is -0.466 e. The number of nitrogens with two attached hydrogens (primary N) is 1. The number of rotatable bonds is 14. The number of benzene rings is 2. The first-order valence-electron chi connectivity index (χ1n) is 12.2. The Hall–Kier alpha value is -4.41. The van der Waals surface area contributed by atoms with Crippen molar-refractivity contribution in [2.24, 2.45) is 11.7 Å². The van der Waals surface area contributed by atoms with Gasteiger partial charge in [-0.05, 0) is 25.0 Å². The van der Waals surface area contributed by atoms with Gasteiger partial charge < -0.3 is 30.6 Å². The number of esters is 2. The van der Waals surface area contributed by atoms with Crippen LogP contribution >= 0.6 is 0 Å². The fourth-order valence-corrected chi connectivity index (χ4v) is 3.58. The molecule has 0 unspecified atom stereocenters. The molecule has 11 heteroatoms. The van der Waals surface area contributed by atoms with E-state index in [9.17, 15) is 24.0 Å². The summed E-state index contributed by atoms with van der Waals surface area (Å²) in [5.41, 5.74) is 6.97. The highest BCUT2D eigenvalue weighted by molar-refractivity contribution is 5.95. The molecule has 0 fully saturated rings. The summed E-state index contributed by atoms with van der Waals surface area (Å²) in [6.07, 6.45) is -1.37. The van der Waals surface area contributed by atoms with Gasteiger partial charge in [-0.15, -0.1) is 0 Å². The van der Waals surface area contributed by atoms with Crippen molar-refractivity contribution in [3.63, 3.8) is 0 Å². The lowest BCUT2D eigenvalue weighted by Gasteiger charge is -2.26. The van der Waals surface area contributed by atoms with Gasteiger partial charge in [0.2, 0.25) is 11.8 Å². The summed E-state index contributed by atoms with van der Waals surface area (Å²) in [6, 6.07) is 15.0. The second-order valence-corrected chi connectivity index (χ2v) is 8.20. The number of carbonyl (C=O) groups is 5. The molecule has 0 aliphatic heterocycles. The van der Waals surface area contributed by atoms with Gasteiger partial charge in [-0.25, -0.2) is 4.79 Å². The molecule has 3 atom stereocenters. The summed E-state index contributed by atoms with van der Waals surface area (Å²) in [5, 5.41) is 4.91. The highest BCUT2D eigenvalue weighted by Gasteiger charge is 2.38. The predicted octanol–water partition coefficient (Wildman–Crippen LogP) is 1.63. The zero-order valence-electron chi connectivity index (χ0n) is 21.4. The van der Waals surface area contributed by atoms with E-state index in [4.69, 9.17) is 19.9 Å². The summed E-state index contributed by atoms with van der Waals surface area (Å²) < 4.78 is 15.1. The van der Waals surface area contributed by atoms with E-state index in [1.54, 1.807) is 68.4 Å². The van der Waals surface area contributed by atoms with E-state index < -0.39 is 54.3 Å². The standard InChI is InChI=1S/C27H33N3O8/c1-3-36-22(31)16-20(26(34)37-4-2)23(24(28)32)30-25(33)21(15-18-11-7-5-8-12-18)29-27(35)38-17-19-13-9-6-10-14-19/h5-14,20-21,23H,3-4,15-17H2,1-2H3,(H2,28,32)(H,29,35)(H,30,33)/t20-,21-,23+/m1/s1. The molecule has 0 aromatic heterocycles. The Morgan fingerprint density at radius 1 is 0.789 bits per heavy atom. The Bertz CT molecular complexity index is 1080. The normalized spacial score (nSPS) is 12.8. The third-order valence-corrected chi connectivity index (χ3v) is 5.39. The zero-order chi connectivity index (χ0) is 27.9. The van der Waals surface area contributed by atoms with Crippen LogP contribution in [0.2, 0.25) is 0 Å². The molecule has 2 rings (SSSR count). The number of alkyl carbamates (subject to hydrolysis) is 1. The number of ether oxygens (including phenoxy) is 3. The molecule has 0 radical (unpaired) electrons. The summed E-state index contributed by atoms with van der Waals surface area (Å²) in [5.74, 6) is -4.98. The van der Waals surface area contributed by atoms with Gasteiger partial charge in [-0.2, -0.15) is 0 Å². The fraction of sp³-hybridized carbons (Fsp3) is 0.370. The monoisotopic (exact) mass is 527 g/mol. The molecule has 38 heavy (non-hydrogen) atoms. The van der Waals surface area contributed by atoms with Crippen LogP contribution in [0.5, 0.6) is 0 Å². The van der Waals surface area contributed by atoms with Crippen molar-refractivity contribution in [1.82, 2.24) is 10.6 Å². The first kappa shape index (κ1) is 29.8. The third kappa shape index (κ3) is 9.92. The maximum Gasteiger partial charge on any atom is 0.408 e. The molecule has 0 bridgehead atoms. The van der Waals surface area contributed by atoms with Crippen molar-refractivity contribution in [3.8, 4) is 0 Å². The molecular formula is C27H33N3O8. The van der Waals surface area contributed by atoms with Crippen LogP contribution in [0.15, 0.2) is 60.7 Å². The maximum atomic E-state index is 13.3. The first-order valence-corrected chi connectivity index (χ1v) is 12.2. The third-order valence-electron chi connectivity index (χ3n) is 5.39. The van der Waals surface area contributed by atoms with E-state index in [1.807, 2.05) is 6.07 Å². The van der Waals surface area contributed by atoms with Gasteiger partial charge in [0.1, 0.15) is 18.7 Å². The van der Waals surface area contributed by atoms with E-state index >= 15 is 0 Å². The van der Waals surface area contributed by atoms with Crippen molar-refractivity contribution in [1.29, 1.82) is 0 Å². The lowest BCUT2D eigenvalue weighted by Crippen LogP contribution is -2.57. The lowest BCUT2D eigenvalue weighted by molar-refractivity contribution is -0.157. The molecule has 4 N–H and O–H groups in total. The van der Waals surface area contributed by atoms with Crippen LogP contribution in [0, 0.1) is 5.92 Å². The van der Waals surface area contributed by atoms with E-state index in [2.05, 4.69) is 10.6 Å². The molecule has 2 aromatic rings. The molecule has 0 spiro atoms. The molecule has 0 aliphatic carbocycles. The number of hydrogen-bond acceptors (Lipinski definition) is 8. The topological polar surface area (TPSA) is 163 Å². The van der Waals surface area contributed by atoms with Crippen LogP contribution in [0.4, 0.5) is 4.79 Å². The van der Waals surface area contributed by atoms with Gasteiger partial charge in [0.25, 0.3) is 0 Å². The summed E-state index contributed by atoms with van der Waals surface area (Å²) in [7, 11) is 0. The number of amides is 3. The van der Waals surface area contributed by atoms with Gasteiger partial charge >= 0.3 is 18.0 Å². The van der Waals surface area contributed by atoms with Gasteiger partial charge in [-0.3, -0.25) is 19.2 Å². The second-order valence-electron chi connectivity index (χ2n) is 8.20. The van der Waals surface area contributed by atoms with Crippen molar-refractivity contribution in [3.05, 3.63) is 71.8 Å². The largest absolute Gasteiger partial charge is 0.466 e. The Labute approximate surface area is 221 Å². The van der Waals surface area contributed by atoms with Crippen molar-refractivity contribution < 1.29 is 38.2 Å². The van der Waals surface area contributed by atoms with Crippen LogP contribution in [-0.2, 0) is 46.4 Å². The van der Waals surface area contributed by atoms with E-state index in [0.717, 1.165) is 5.56 Å². The number of primary amides is 1. The van der Waals surface area contributed by atoms with E-state index in [1.165, 1.54) is 0 Å². The Kier molecular flexibility index (Phi) is 12.3. The number of hydrogen-bond donors (Lipinski definition) is 3. The zero-order valence-corrected chi connectivity index (χ0v) is 21.4. The fourth-order valence-electron chi connectivity index (χ4n) is 3.58. The first-order chi connectivity index (χ1) is 18.2. The van der Waals surface area contributed by atoms with Gasteiger partial charge in [0.05, 0.1) is 25.6 Å². The molecule has 2 aromatic carbocycles. The maximum absolute atomic E-state index is 13.3. The minimum atomic E-state index is -1.61. The van der Waals surface area contributed by atoms with Crippen molar-refractivity contribution in [2.75, 3.05) is 13.2 Å². The highest BCUT2D eigenvalue weighted by atomic mass is 16.6. The van der Waals surface area contributed by atoms with Crippen molar-refractivity contribution >= 4 is 29.8 Å². The predicted molar refractivity (Wildman–Crippen MR) is 136 cm³/mol. The molecule has 0 saturated carbocycles. The van der Waals surface area contributed by atoms with Gasteiger partial charge in [0.15, 0.2) is 0 Å². The van der Waals surface area contributed by atoms with E-state index in [-0.39, 0.29) is 26.2 Å².